The first-order chi connectivity index (χ1) is 16.6. The van der Waals surface area contributed by atoms with Gasteiger partial charge in [0.2, 0.25) is 17.6 Å². The van der Waals surface area contributed by atoms with Crippen LogP contribution >= 0.6 is 0 Å². The number of nitrogens with one attached hydrogen (secondary N) is 1. The molecule has 0 unspecified atom stereocenters. The average molecular weight is 462 g/mol. The molecule has 0 aliphatic carbocycles. The Bertz CT molecular complexity index is 1290. The van der Waals surface area contributed by atoms with E-state index in [2.05, 4.69) is 11.1 Å². The summed E-state index contributed by atoms with van der Waals surface area (Å²) in [7, 11) is 4.71. The fourth-order valence-electron chi connectivity index (χ4n) is 6.01. The monoisotopic (exact) mass is 461 g/mol. The highest BCUT2D eigenvalue weighted by Crippen LogP contribution is 2.48. The molecule has 3 atom stereocenters. The number of carbonyl (C=O) groups is 2. The molecule has 3 aliphatic heterocycles. The highest BCUT2D eigenvalue weighted by Gasteiger charge is 2.53. The smallest absolute Gasteiger partial charge is 0.246 e. The van der Waals surface area contributed by atoms with Crippen molar-refractivity contribution >= 4 is 22.7 Å². The van der Waals surface area contributed by atoms with Crippen molar-refractivity contribution < 1.29 is 23.8 Å². The van der Waals surface area contributed by atoms with Gasteiger partial charge >= 0.3 is 0 Å². The number of piperazine rings is 1. The third-order valence-electron chi connectivity index (χ3n) is 7.49. The lowest BCUT2D eigenvalue weighted by atomic mass is 9.85. The van der Waals surface area contributed by atoms with Crippen LogP contribution in [-0.4, -0.2) is 66.6 Å². The van der Waals surface area contributed by atoms with E-state index in [0.29, 0.717) is 36.6 Å². The molecule has 34 heavy (non-hydrogen) atoms. The van der Waals surface area contributed by atoms with Gasteiger partial charge in [0.25, 0.3) is 0 Å². The van der Waals surface area contributed by atoms with Gasteiger partial charge in [0.05, 0.1) is 27.4 Å². The number of aromatic nitrogens is 1. The molecule has 3 aliphatic rings. The van der Waals surface area contributed by atoms with Crippen molar-refractivity contribution in [2.24, 2.45) is 0 Å². The number of fused-ring (bicyclic) bond motifs is 5. The van der Waals surface area contributed by atoms with Crippen molar-refractivity contribution in [1.29, 1.82) is 0 Å². The summed E-state index contributed by atoms with van der Waals surface area (Å²) in [6, 6.07) is 10.4. The summed E-state index contributed by atoms with van der Waals surface area (Å²) < 4.78 is 16.8. The van der Waals surface area contributed by atoms with Gasteiger partial charge in [-0.3, -0.25) is 9.59 Å². The SMILES string of the molecule is COc1cc([C@@H]2c3[nH]c4ccccc4c3C[C@H]3C(=O)N4CCC[C@H]4C(=O)N23)cc(OC)c1OC. The third kappa shape index (κ3) is 2.77. The van der Waals surface area contributed by atoms with Gasteiger partial charge in [0.1, 0.15) is 12.1 Å². The standard InChI is InChI=1S/C26H27N3O5/c1-32-20-11-14(12-21(33-2)24(20)34-3)23-22-16(15-7-4-5-8-17(15)27-22)13-19-25(30)28-10-6-9-18(28)26(31)29(19)23/h4-5,7-8,11-12,18-19,23,27H,6,9-10,13H2,1-3H3/t18-,19-,23+/m0/s1. The molecule has 1 N–H and O–H groups in total. The topological polar surface area (TPSA) is 84.1 Å². The second-order valence-electron chi connectivity index (χ2n) is 9.08. The predicted molar refractivity (Wildman–Crippen MR) is 125 cm³/mol. The van der Waals surface area contributed by atoms with Crippen molar-refractivity contribution in [3.8, 4) is 17.2 Å². The van der Waals surface area contributed by atoms with Crippen LogP contribution in [0.3, 0.4) is 0 Å². The number of carbonyl (C=O) groups excluding carboxylic acids is 2. The molecule has 8 heteroatoms. The molecule has 2 aromatic carbocycles. The summed E-state index contributed by atoms with van der Waals surface area (Å²) >= 11 is 0. The van der Waals surface area contributed by atoms with Crippen LogP contribution in [0, 0.1) is 0 Å². The number of amides is 2. The van der Waals surface area contributed by atoms with Gasteiger partial charge in [-0.2, -0.15) is 0 Å². The van der Waals surface area contributed by atoms with E-state index in [-0.39, 0.29) is 17.9 Å². The number of methoxy groups -OCH3 is 3. The number of rotatable bonds is 4. The Kier molecular flexibility index (Phi) is 4.72. The molecule has 8 nitrogen and oxygen atoms in total. The maximum atomic E-state index is 13.9. The Morgan fingerprint density at radius 2 is 1.68 bits per heavy atom. The number of aromatic amines is 1. The molecule has 4 heterocycles. The Morgan fingerprint density at radius 1 is 0.941 bits per heavy atom. The molecule has 3 aromatic rings. The van der Waals surface area contributed by atoms with Gasteiger partial charge in [-0.15, -0.1) is 0 Å². The number of ether oxygens (including phenoxy) is 3. The van der Waals surface area contributed by atoms with Crippen LogP contribution in [0.15, 0.2) is 36.4 Å². The summed E-state index contributed by atoms with van der Waals surface area (Å²) in [6.45, 7) is 0.648. The number of hydrogen-bond donors (Lipinski definition) is 1. The van der Waals surface area contributed by atoms with Gasteiger partial charge in [-0.05, 0) is 42.2 Å². The van der Waals surface area contributed by atoms with Gasteiger partial charge in [0, 0.05) is 29.6 Å². The van der Waals surface area contributed by atoms with Crippen LogP contribution in [0.1, 0.15) is 35.7 Å². The van der Waals surface area contributed by atoms with Crippen molar-refractivity contribution in [2.45, 2.75) is 37.4 Å². The highest BCUT2D eigenvalue weighted by molar-refractivity contribution is 5.99. The summed E-state index contributed by atoms with van der Waals surface area (Å²) in [5.41, 5.74) is 3.80. The first-order valence-corrected chi connectivity index (χ1v) is 11.6. The lowest BCUT2D eigenvalue weighted by molar-refractivity contribution is -0.162. The van der Waals surface area contributed by atoms with E-state index in [0.717, 1.165) is 34.1 Å². The number of benzene rings is 2. The Morgan fingerprint density at radius 3 is 2.38 bits per heavy atom. The minimum absolute atomic E-state index is 0.00478. The maximum Gasteiger partial charge on any atom is 0.246 e. The van der Waals surface area contributed by atoms with Crippen molar-refractivity contribution in [3.05, 3.63) is 53.2 Å². The van der Waals surface area contributed by atoms with Crippen molar-refractivity contribution in [2.75, 3.05) is 27.9 Å². The second-order valence-corrected chi connectivity index (χ2v) is 9.08. The minimum Gasteiger partial charge on any atom is -0.493 e. The number of H-pyrrole nitrogens is 1. The van der Waals surface area contributed by atoms with E-state index in [1.165, 1.54) is 0 Å². The molecule has 176 valence electrons. The van der Waals surface area contributed by atoms with Crippen LogP contribution in [-0.2, 0) is 16.0 Å². The Labute approximate surface area is 197 Å². The van der Waals surface area contributed by atoms with E-state index >= 15 is 0 Å². The van der Waals surface area contributed by atoms with Crippen LogP contribution in [0.4, 0.5) is 0 Å². The fourth-order valence-corrected chi connectivity index (χ4v) is 6.01. The molecule has 1 aromatic heterocycles. The number of nitrogens with zero attached hydrogens (tertiary/aromatic N) is 2. The predicted octanol–water partition coefficient (Wildman–Crippen LogP) is 3.04. The van der Waals surface area contributed by atoms with Gasteiger partial charge in [-0.1, -0.05) is 18.2 Å². The van der Waals surface area contributed by atoms with E-state index in [9.17, 15) is 9.59 Å². The summed E-state index contributed by atoms with van der Waals surface area (Å²) in [5, 5.41) is 1.08. The number of hydrogen-bond acceptors (Lipinski definition) is 5. The molecular weight excluding hydrogens is 434 g/mol. The largest absolute Gasteiger partial charge is 0.493 e. The lowest BCUT2D eigenvalue weighted by Crippen LogP contribution is -2.65. The zero-order valence-electron chi connectivity index (χ0n) is 19.5. The molecular formula is C26H27N3O5. The highest BCUT2D eigenvalue weighted by atomic mass is 16.5. The summed E-state index contributed by atoms with van der Waals surface area (Å²) in [4.78, 5) is 34.6. The third-order valence-corrected chi connectivity index (χ3v) is 7.49. The quantitative estimate of drug-likeness (QED) is 0.646. The molecule has 0 radical (unpaired) electrons. The molecule has 2 saturated heterocycles. The summed E-state index contributed by atoms with van der Waals surface area (Å²) in [6.07, 6.45) is 2.05. The van der Waals surface area contributed by atoms with Gasteiger partial charge in [-0.25, -0.2) is 0 Å². The average Bonchev–Trinajstić information content (AvgIpc) is 3.50. The maximum absolute atomic E-state index is 13.9. The molecule has 2 fully saturated rings. The fraction of sp³-hybridized carbons (Fsp3) is 0.385. The first-order valence-electron chi connectivity index (χ1n) is 11.6. The zero-order valence-corrected chi connectivity index (χ0v) is 19.5. The van der Waals surface area contributed by atoms with Crippen LogP contribution < -0.4 is 14.2 Å². The van der Waals surface area contributed by atoms with E-state index in [4.69, 9.17) is 14.2 Å². The normalized spacial score (nSPS) is 23.6. The number of para-hydroxylation sites is 1. The lowest BCUT2D eigenvalue weighted by Gasteiger charge is -2.48. The molecule has 6 rings (SSSR count). The first kappa shape index (κ1) is 20.9. The Balaban J connectivity index is 1.60. The zero-order chi connectivity index (χ0) is 23.6. The Hall–Kier alpha value is -3.68. The van der Waals surface area contributed by atoms with Crippen molar-refractivity contribution in [1.82, 2.24) is 14.8 Å². The minimum atomic E-state index is -0.544. The van der Waals surface area contributed by atoms with Crippen molar-refractivity contribution in [3.63, 3.8) is 0 Å². The second kappa shape index (κ2) is 7.68. The summed E-state index contributed by atoms with van der Waals surface area (Å²) in [5.74, 6) is 1.55. The van der Waals surface area contributed by atoms with Crippen LogP contribution in [0.5, 0.6) is 17.2 Å². The van der Waals surface area contributed by atoms with E-state index < -0.39 is 12.1 Å². The van der Waals surface area contributed by atoms with Gasteiger partial charge < -0.3 is 29.0 Å². The van der Waals surface area contributed by atoms with Gasteiger partial charge in [0.15, 0.2) is 11.5 Å². The van der Waals surface area contributed by atoms with E-state index in [1.807, 2.05) is 30.3 Å². The molecule has 2 amide bonds. The van der Waals surface area contributed by atoms with Crippen LogP contribution in [0.25, 0.3) is 10.9 Å². The van der Waals surface area contributed by atoms with E-state index in [1.54, 1.807) is 31.1 Å². The molecule has 0 bridgehead atoms. The molecule has 0 spiro atoms. The van der Waals surface area contributed by atoms with Crippen LogP contribution in [0.2, 0.25) is 0 Å². The molecule has 0 saturated carbocycles.